The minimum absolute atomic E-state index is 0.0446. The zero-order valence-corrected chi connectivity index (χ0v) is 25.3. The van der Waals surface area contributed by atoms with Crippen LogP contribution in [0.2, 0.25) is 5.02 Å². The molecule has 238 valence electrons. The minimum atomic E-state index is -4.78. The maximum Gasteiger partial charge on any atom is 0.416 e. The smallest absolute Gasteiger partial charge is 0.416 e. The van der Waals surface area contributed by atoms with Crippen molar-refractivity contribution in [1.82, 2.24) is 4.90 Å². The van der Waals surface area contributed by atoms with Gasteiger partial charge in [0.2, 0.25) is 5.91 Å². The van der Waals surface area contributed by atoms with Crippen LogP contribution in [-0.2, 0) is 25.8 Å². The molecule has 2 aliphatic rings. The van der Waals surface area contributed by atoms with Crippen molar-refractivity contribution in [1.29, 1.82) is 0 Å². The predicted octanol–water partition coefficient (Wildman–Crippen LogP) is 6.34. The molecule has 2 heterocycles. The Labute approximate surface area is 261 Å². The van der Waals surface area contributed by atoms with Gasteiger partial charge < -0.3 is 14.7 Å². The van der Waals surface area contributed by atoms with Crippen LogP contribution in [0.25, 0.3) is 11.6 Å². The van der Waals surface area contributed by atoms with Crippen molar-refractivity contribution in [3.8, 4) is 5.75 Å². The number of carboxylic acid groups (broad SMARTS) is 1. The Hall–Kier alpha value is -4.10. The largest absolute Gasteiger partial charge is 0.486 e. The number of anilines is 1. The highest BCUT2D eigenvalue weighted by atomic mass is 35.5. The van der Waals surface area contributed by atoms with E-state index in [4.69, 9.17) is 21.4 Å². The SMILES string of the molecule is CC(=Cc1ccc2c(c1)N(S(=O)(=O)c1cccc(C(F)(F)F)c1)CC(CCC(=O)N1CC(C(=O)O)C1)O2)c1c(F)cccc1Cl. The molecule has 1 amide bonds. The average Bonchev–Trinajstić information content (AvgIpc) is 2.94. The lowest BCUT2D eigenvalue weighted by molar-refractivity contribution is -0.153. The van der Waals surface area contributed by atoms with Crippen LogP contribution in [0.4, 0.5) is 23.2 Å². The number of ether oxygens (including phenoxy) is 1. The fraction of sp³-hybridized carbons (Fsp3) is 0.290. The summed E-state index contributed by atoms with van der Waals surface area (Å²) in [5.74, 6) is -2.40. The molecule has 14 heteroatoms. The Morgan fingerprint density at radius 3 is 2.44 bits per heavy atom. The van der Waals surface area contributed by atoms with Crippen molar-refractivity contribution in [3.63, 3.8) is 0 Å². The maximum atomic E-state index is 14.5. The molecule has 1 atom stereocenters. The number of fused-ring (bicyclic) bond motifs is 1. The van der Waals surface area contributed by atoms with Crippen LogP contribution in [-0.4, -0.2) is 56.0 Å². The number of carboxylic acids is 1. The topological polar surface area (TPSA) is 104 Å². The molecule has 5 rings (SSSR count). The van der Waals surface area contributed by atoms with Crippen molar-refractivity contribution in [2.24, 2.45) is 5.92 Å². The number of alkyl halides is 3. The maximum absolute atomic E-state index is 14.5. The van der Waals surface area contributed by atoms with E-state index < -0.39 is 50.5 Å². The first-order chi connectivity index (χ1) is 21.1. The Morgan fingerprint density at radius 1 is 1.07 bits per heavy atom. The van der Waals surface area contributed by atoms with E-state index in [1.807, 2.05) is 0 Å². The van der Waals surface area contributed by atoms with Crippen LogP contribution < -0.4 is 9.04 Å². The first-order valence-electron chi connectivity index (χ1n) is 13.8. The summed E-state index contributed by atoms with van der Waals surface area (Å²) >= 11 is 6.20. The molecule has 1 saturated heterocycles. The number of carbonyl (C=O) groups is 2. The molecular weight excluding hydrogens is 640 g/mol. The van der Waals surface area contributed by atoms with Crippen LogP contribution in [0.5, 0.6) is 5.75 Å². The molecule has 0 aliphatic carbocycles. The fourth-order valence-electron chi connectivity index (χ4n) is 5.23. The van der Waals surface area contributed by atoms with E-state index in [0.29, 0.717) is 17.2 Å². The third-order valence-electron chi connectivity index (χ3n) is 7.67. The van der Waals surface area contributed by atoms with Gasteiger partial charge in [-0.25, -0.2) is 12.8 Å². The Kier molecular flexibility index (Phi) is 8.87. The molecule has 3 aromatic rings. The van der Waals surface area contributed by atoms with Crippen molar-refractivity contribution in [3.05, 3.63) is 88.2 Å². The zero-order valence-electron chi connectivity index (χ0n) is 23.7. The molecule has 0 aromatic heterocycles. The van der Waals surface area contributed by atoms with Gasteiger partial charge in [-0.1, -0.05) is 35.9 Å². The molecule has 3 aromatic carbocycles. The van der Waals surface area contributed by atoms with Gasteiger partial charge in [-0.2, -0.15) is 13.2 Å². The second-order valence-electron chi connectivity index (χ2n) is 10.8. The highest BCUT2D eigenvalue weighted by Gasteiger charge is 2.39. The number of benzene rings is 3. The molecule has 0 radical (unpaired) electrons. The monoisotopic (exact) mass is 666 g/mol. The van der Waals surface area contributed by atoms with Crippen LogP contribution in [0.3, 0.4) is 0 Å². The van der Waals surface area contributed by atoms with E-state index in [-0.39, 0.29) is 60.4 Å². The number of nitrogens with zero attached hydrogens (tertiary/aromatic N) is 2. The highest BCUT2D eigenvalue weighted by Crippen LogP contribution is 2.40. The van der Waals surface area contributed by atoms with Gasteiger partial charge in [-0.15, -0.1) is 0 Å². The van der Waals surface area contributed by atoms with Crippen LogP contribution >= 0.6 is 11.6 Å². The third-order valence-corrected chi connectivity index (χ3v) is 9.76. The summed E-state index contributed by atoms with van der Waals surface area (Å²) in [6.45, 7) is 1.46. The van der Waals surface area contributed by atoms with Gasteiger partial charge in [-0.3, -0.25) is 13.9 Å². The summed E-state index contributed by atoms with van der Waals surface area (Å²) in [5.41, 5.74) is -0.0544. The molecule has 1 unspecified atom stereocenters. The van der Waals surface area contributed by atoms with Gasteiger partial charge in [0.1, 0.15) is 17.7 Å². The fourth-order valence-corrected chi connectivity index (χ4v) is 7.09. The quantitative estimate of drug-likeness (QED) is 0.222. The summed E-state index contributed by atoms with van der Waals surface area (Å²) < 4.78 is 89.8. The number of hydrogen-bond acceptors (Lipinski definition) is 5. The summed E-state index contributed by atoms with van der Waals surface area (Å²) in [4.78, 5) is 24.5. The van der Waals surface area contributed by atoms with Gasteiger partial charge in [0, 0.05) is 25.1 Å². The number of likely N-dealkylation sites (tertiary alicyclic amines) is 1. The molecule has 45 heavy (non-hydrogen) atoms. The molecule has 2 aliphatic heterocycles. The van der Waals surface area contributed by atoms with Crippen molar-refractivity contribution in [2.45, 2.75) is 36.9 Å². The van der Waals surface area contributed by atoms with Crippen molar-refractivity contribution >= 4 is 50.8 Å². The van der Waals surface area contributed by atoms with E-state index in [9.17, 15) is 35.6 Å². The number of carbonyl (C=O) groups excluding carboxylic acids is 1. The summed E-state index contributed by atoms with van der Waals surface area (Å²) in [6.07, 6.45) is -4.04. The second-order valence-corrected chi connectivity index (χ2v) is 13.1. The number of hydrogen-bond donors (Lipinski definition) is 1. The van der Waals surface area contributed by atoms with Crippen LogP contribution in [0.15, 0.2) is 65.6 Å². The summed E-state index contributed by atoms with van der Waals surface area (Å²) in [5, 5.41) is 9.24. The van der Waals surface area contributed by atoms with Gasteiger partial charge in [-0.05, 0) is 66.9 Å². The van der Waals surface area contributed by atoms with Crippen molar-refractivity contribution in [2.75, 3.05) is 23.9 Å². The number of sulfonamides is 1. The lowest BCUT2D eigenvalue weighted by Gasteiger charge is -2.38. The average molecular weight is 667 g/mol. The number of allylic oxidation sites excluding steroid dienone is 1. The number of aliphatic carboxylic acids is 1. The van der Waals surface area contributed by atoms with Gasteiger partial charge in [0.15, 0.2) is 0 Å². The predicted molar refractivity (Wildman–Crippen MR) is 159 cm³/mol. The van der Waals surface area contributed by atoms with Gasteiger partial charge in [0.05, 0.1) is 33.6 Å². The summed E-state index contributed by atoms with van der Waals surface area (Å²) in [6, 6.07) is 12.2. The molecule has 0 saturated carbocycles. The lowest BCUT2D eigenvalue weighted by Crippen LogP contribution is -2.53. The Balaban J connectivity index is 1.48. The van der Waals surface area contributed by atoms with E-state index in [1.165, 1.54) is 35.2 Å². The number of rotatable bonds is 8. The van der Waals surface area contributed by atoms with Gasteiger partial charge >= 0.3 is 12.1 Å². The first-order valence-corrected chi connectivity index (χ1v) is 15.6. The highest BCUT2D eigenvalue weighted by molar-refractivity contribution is 7.92. The van der Waals surface area contributed by atoms with Crippen LogP contribution in [0.1, 0.15) is 36.5 Å². The summed E-state index contributed by atoms with van der Waals surface area (Å²) in [7, 11) is -4.58. The molecule has 0 bridgehead atoms. The van der Waals surface area contributed by atoms with Crippen molar-refractivity contribution < 1.29 is 45.4 Å². The molecule has 1 N–H and O–H groups in total. The first kappa shape index (κ1) is 32.3. The van der Waals surface area contributed by atoms with Gasteiger partial charge in [0.25, 0.3) is 10.0 Å². The third kappa shape index (κ3) is 6.79. The zero-order chi connectivity index (χ0) is 32.7. The molecule has 1 fully saturated rings. The van der Waals surface area contributed by atoms with E-state index in [0.717, 1.165) is 22.5 Å². The number of amides is 1. The Bertz CT molecular complexity index is 1770. The van der Waals surface area contributed by atoms with E-state index in [1.54, 1.807) is 19.1 Å². The van der Waals surface area contributed by atoms with Crippen LogP contribution in [0, 0.1) is 11.7 Å². The molecule has 8 nitrogen and oxygen atoms in total. The normalized spacial score (nSPS) is 17.4. The minimum Gasteiger partial charge on any atom is -0.486 e. The standard InChI is InChI=1S/C31H27ClF4N2O6S/c1-18(29-24(32)6-3-7-25(29)33)12-19-8-10-27-26(13-19)38(45(42,43)23-5-2-4-21(14-23)31(34,35)36)17-22(44-27)9-11-28(39)37-15-20(16-37)30(40)41/h2-8,10,12-14,20,22H,9,11,15-17H2,1H3,(H,40,41). The van der Waals surface area contributed by atoms with E-state index >= 15 is 0 Å². The molecule has 0 spiro atoms. The lowest BCUT2D eigenvalue weighted by atomic mass is 9.99. The number of halogens is 5. The molecular formula is C31H27ClF4N2O6S. The van der Waals surface area contributed by atoms with E-state index in [2.05, 4.69) is 0 Å². The second kappa shape index (κ2) is 12.4. The Morgan fingerprint density at radius 2 is 1.78 bits per heavy atom.